The van der Waals surface area contributed by atoms with Crippen LogP contribution in [0.1, 0.15) is 47.5 Å². The molecule has 0 aromatic carbocycles. The summed E-state index contributed by atoms with van der Waals surface area (Å²) in [6.45, 7) is 16.0. The van der Waals surface area contributed by atoms with Gasteiger partial charge in [0.25, 0.3) is 0 Å². The first-order valence-corrected chi connectivity index (χ1v) is 6.23. The third-order valence-corrected chi connectivity index (χ3v) is 3.01. The minimum Gasteiger partial charge on any atom is -0.288 e. The molecule has 0 aromatic heterocycles. The van der Waals surface area contributed by atoms with Crippen LogP contribution in [0.25, 0.3) is 0 Å². The topological polar surface area (TPSA) is 6.48 Å². The molecule has 0 rings (SSSR count). The van der Waals surface area contributed by atoms with Gasteiger partial charge in [0, 0.05) is 0 Å². The molecule has 0 N–H and O–H groups in total. The van der Waals surface area contributed by atoms with E-state index in [0.717, 1.165) is 26.2 Å². The minimum atomic E-state index is 0.657. The van der Waals surface area contributed by atoms with E-state index in [1.165, 1.54) is 12.8 Å². The summed E-state index contributed by atoms with van der Waals surface area (Å²) < 4.78 is 0. The molecule has 2 nitrogen and oxygen atoms in total. The van der Waals surface area contributed by atoms with Crippen LogP contribution >= 0.6 is 0 Å². The van der Waals surface area contributed by atoms with Crippen molar-refractivity contribution in [3.63, 3.8) is 0 Å². The van der Waals surface area contributed by atoms with Crippen molar-refractivity contribution in [2.24, 2.45) is 0 Å². The number of hydrogen-bond acceptors (Lipinski definition) is 2. The van der Waals surface area contributed by atoms with Crippen molar-refractivity contribution in [3.05, 3.63) is 0 Å². The van der Waals surface area contributed by atoms with Crippen LogP contribution in [0.4, 0.5) is 0 Å². The maximum absolute atomic E-state index is 2.57. The summed E-state index contributed by atoms with van der Waals surface area (Å²) in [5.74, 6) is 0. The summed E-state index contributed by atoms with van der Waals surface area (Å²) in [4.78, 5) is 5.13. The molecule has 0 radical (unpaired) electrons. The third kappa shape index (κ3) is 3.97. The molecule has 0 atom stereocenters. The molecule has 0 amide bonds. The molecule has 14 heavy (non-hydrogen) atoms. The molecule has 0 saturated heterocycles. The first-order chi connectivity index (χ1) is 6.74. The molecule has 0 aliphatic heterocycles. The molecule has 0 saturated carbocycles. The number of nitrogens with zero attached hydrogens (tertiary/aromatic N) is 2. The van der Waals surface area contributed by atoms with E-state index in [2.05, 4.69) is 44.4 Å². The van der Waals surface area contributed by atoms with Crippen LogP contribution < -0.4 is 0 Å². The Morgan fingerprint density at radius 3 is 1.29 bits per heavy atom. The van der Waals surface area contributed by atoms with Crippen molar-refractivity contribution in [1.29, 1.82) is 0 Å². The Morgan fingerprint density at radius 1 is 0.714 bits per heavy atom. The van der Waals surface area contributed by atoms with E-state index in [-0.39, 0.29) is 0 Å². The average Bonchev–Trinajstić information content (AvgIpc) is 2.21. The average molecular weight is 200 g/mol. The Balaban J connectivity index is 4.36. The first-order valence-electron chi connectivity index (χ1n) is 6.23. The van der Waals surface area contributed by atoms with Crippen molar-refractivity contribution < 1.29 is 0 Å². The van der Waals surface area contributed by atoms with Gasteiger partial charge in [-0.15, -0.1) is 0 Å². The highest BCUT2D eigenvalue weighted by Gasteiger charge is 2.19. The highest BCUT2D eigenvalue weighted by atomic mass is 15.3. The van der Waals surface area contributed by atoms with Crippen molar-refractivity contribution in [2.75, 3.05) is 26.2 Å². The molecule has 0 heterocycles. The van der Waals surface area contributed by atoms with Crippen LogP contribution in [-0.4, -0.2) is 42.1 Å². The largest absolute Gasteiger partial charge is 0.288 e. The quantitative estimate of drug-likeness (QED) is 0.556. The van der Waals surface area contributed by atoms with Crippen LogP contribution in [0, 0.1) is 0 Å². The van der Waals surface area contributed by atoms with E-state index in [9.17, 15) is 0 Å². The number of hydrogen-bond donors (Lipinski definition) is 0. The molecule has 2 heteroatoms. The zero-order valence-corrected chi connectivity index (χ0v) is 10.7. The van der Waals surface area contributed by atoms with Gasteiger partial charge in [-0.05, 0) is 32.6 Å². The van der Waals surface area contributed by atoms with Crippen LogP contribution in [-0.2, 0) is 0 Å². The van der Waals surface area contributed by atoms with Gasteiger partial charge in [0.1, 0.15) is 0 Å². The van der Waals surface area contributed by atoms with E-state index in [1.807, 2.05) is 0 Å². The van der Waals surface area contributed by atoms with Crippen LogP contribution in [0.15, 0.2) is 0 Å². The molecule has 0 fully saturated rings. The lowest BCUT2D eigenvalue weighted by atomic mass is 10.2. The van der Waals surface area contributed by atoms with Crippen LogP contribution in [0.5, 0.6) is 0 Å². The zero-order valence-electron chi connectivity index (χ0n) is 10.7. The Labute approximate surface area is 90.3 Å². The Bertz CT molecular complexity index is 105. The lowest BCUT2D eigenvalue weighted by molar-refractivity contribution is 0.0497. The van der Waals surface area contributed by atoms with Gasteiger partial charge in [-0.3, -0.25) is 9.80 Å². The summed E-state index contributed by atoms with van der Waals surface area (Å²) in [7, 11) is 0. The van der Waals surface area contributed by atoms with Crippen LogP contribution in [0.3, 0.4) is 0 Å². The molecule has 0 aliphatic carbocycles. The second-order valence-electron chi connectivity index (χ2n) is 3.71. The van der Waals surface area contributed by atoms with E-state index < -0.39 is 0 Å². The molecule has 86 valence electrons. The van der Waals surface area contributed by atoms with Gasteiger partial charge in [0.2, 0.25) is 0 Å². The fraction of sp³-hybridized carbons (Fsp3) is 1.00. The van der Waals surface area contributed by atoms with Gasteiger partial charge in [0.05, 0.1) is 6.17 Å². The Kier molecular flexibility index (Phi) is 8.20. The van der Waals surface area contributed by atoms with Gasteiger partial charge < -0.3 is 0 Å². The second kappa shape index (κ2) is 8.25. The first kappa shape index (κ1) is 13.9. The second-order valence-corrected chi connectivity index (χ2v) is 3.71. The van der Waals surface area contributed by atoms with E-state index in [1.54, 1.807) is 0 Å². The lowest BCUT2D eigenvalue weighted by Gasteiger charge is -2.37. The summed E-state index contributed by atoms with van der Waals surface area (Å²) >= 11 is 0. The van der Waals surface area contributed by atoms with Gasteiger partial charge >= 0.3 is 0 Å². The normalized spacial score (nSPS) is 12.0. The number of rotatable bonds is 8. The van der Waals surface area contributed by atoms with Crippen molar-refractivity contribution in [2.45, 2.75) is 53.6 Å². The monoisotopic (exact) mass is 200 g/mol. The molecule has 0 bridgehead atoms. The molecular formula is C12H28N2. The fourth-order valence-corrected chi connectivity index (χ4v) is 2.14. The Hall–Kier alpha value is -0.0800. The summed E-state index contributed by atoms with van der Waals surface area (Å²) in [5, 5.41) is 0. The summed E-state index contributed by atoms with van der Waals surface area (Å²) in [6, 6.07) is 0. The van der Waals surface area contributed by atoms with Crippen molar-refractivity contribution >= 4 is 0 Å². The van der Waals surface area contributed by atoms with E-state index in [0.29, 0.717) is 6.17 Å². The highest BCUT2D eigenvalue weighted by Crippen LogP contribution is 2.11. The summed E-state index contributed by atoms with van der Waals surface area (Å²) in [6.07, 6.45) is 3.23. The zero-order chi connectivity index (χ0) is 11.0. The highest BCUT2D eigenvalue weighted by molar-refractivity contribution is 4.70. The minimum absolute atomic E-state index is 0.657. The van der Waals surface area contributed by atoms with E-state index in [4.69, 9.17) is 0 Å². The molecule has 0 unspecified atom stereocenters. The van der Waals surface area contributed by atoms with Crippen molar-refractivity contribution in [3.8, 4) is 0 Å². The lowest BCUT2D eigenvalue weighted by Crippen LogP contribution is -2.48. The molecule has 0 aromatic rings. The van der Waals surface area contributed by atoms with E-state index >= 15 is 0 Å². The molecular weight excluding hydrogens is 172 g/mol. The van der Waals surface area contributed by atoms with Crippen LogP contribution in [0.2, 0.25) is 0 Å². The van der Waals surface area contributed by atoms with Gasteiger partial charge in [-0.2, -0.15) is 0 Å². The standard InChI is InChI=1S/C12H28N2/c1-6-11-12(13(7-2)8-3)14(9-4)10-5/h12H,6-11H2,1-5H3. The van der Waals surface area contributed by atoms with Gasteiger partial charge in [-0.1, -0.05) is 41.0 Å². The predicted molar refractivity (Wildman–Crippen MR) is 64.5 cm³/mol. The van der Waals surface area contributed by atoms with Crippen molar-refractivity contribution in [1.82, 2.24) is 9.80 Å². The maximum Gasteiger partial charge on any atom is 0.0621 e. The van der Waals surface area contributed by atoms with Gasteiger partial charge in [-0.25, -0.2) is 0 Å². The summed E-state index contributed by atoms with van der Waals surface area (Å²) in [5.41, 5.74) is 0. The fourth-order valence-electron chi connectivity index (χ4n) is 2.14. The predicted octanol–water partition coefficient (Wildman–Crippen LogP) is 2.80. The third-order valence-electron chi connectivity index (χ3n) is 3.01. The smallest absolute Gasteiger partial charge is 0.0621 e. The maximum atomic E-state index is 2.57. The molecule has 0 spiro atoms. The van der Waals surface area contributed by atoms with Gasteiger partial charge in [0.15, 0.2) is 0 Å². The Morgan fingerprint density at radius 2 is 1.07 bits per heavy atom. The SMILES string of the molecule is CCCC(N(CC)CC)N(CC)CC. The molecule has 0 aliphatic rings.